The van der Waals surface area contributed by atoms with Crippen molar-refractivity contribution in [1.82, 2.24) is 9.38 Å². The van der Waals surface area contributed by atoms with Crippen molar-refractivity contribution in [2.75, 3.05) is 6.61 Å². The molecule has 0 saturated carbocycles. The third kappa shape index (κ3) is 3.08. The van der Waals surface area contributed by atoms with Crippen LogP contribution in [0.1, 0.15) is 20.8 Å². The van der Waals surface area contributed by atoms with Gasteiger partial charge in [-0.1, -0.05) is 6.07 Å². The van der Waals surface area contributed by atoms with E-state index in [0.717, 1.165) is 18.2 Å². The number of carbonyl (C=O) groups excluding carboxylic acids is 2. The van der Waals surface area contributed by atoms with E-state index in [0.29, 0.717) is 5.65 Å². The normalized spacial score (nSPS) is 10.7. The third-order valence-electron chi connectivity index (χ3n) is 3.15. The molecule has 3 rings (SSSR count). The standard InChI is InChI=1S/C16H10F2N2O3/c17-11-5-4-10(7-12(11)18)14(21)9-23-16(22)13-8-20-6-2-1-3-15(20)19-13/h1-8H,9H2. The fraction of sp³-hybridized carbons (Fsp3) is 0.0625. The number of benzene rings is 1. The van der Waals surface area contributed by atoms with Crippen molar-refractivity contribution in [3.63, 3.8) is 0 Å². The van der Waals surface area contributed by atoms with Gasteiger partial charge in [-0.2, -0.15) is 0 Å². The van der Waals surface area contributed by atoms with E-state index < -0.39 is 30.0 Å². The average Bonchev–Trinajstić information content (AvgIpc) is 2.99. The number of halogens is 2. The van der Waals surface area contributed by atoms with Crippen LogP contribution in [0.25, 0.3) is 5.65 Å². The first-order valence-electron chi connectivity index (χ1n) is 6.64. The molecule has 0 atom stereocenters. The van der Waals surface area contributed by atoms with Crippen molar-refractivity contribution in [3.8, 4) is 0 Å². The number of nitrogens with zero attached hydrogens (tertiary/aromatic N) is 2. The zero-order valence-corrected chi connectivity index (χ0v) is 11.7. The number of fused-ring (bicyclic) bond motifs is 1. The van der Waals surface area contributed by atoms with Crippen molar-refractivity contribution in [2.24, 2.45) is 0 Å². The first-order chi connectivity index (χ1) is 11.0. The molecule has 0 saturated heterocycles. The second-order valence-corrected chi connectivity index (χ2v) is 4.72. The molecule has 7 heteroatoms. The highest BCUT2D eigenvalue weighted by Crippen LogP contribution is 2.10. The largest absolute Gasteiger partial charge is 0.453 e. The van der Waals surface area contributed by atoms with Crippen molar-refractivity contribution in [3.05, 3.63) is 71.7 Å². The lowest BCUT2D eigenvalue weighted by Gasteiger charge is -2.03. The molecule has 0 amide bonds. The highest BCUT2D eigenvalue weighted by atomic mass is 19.2. The lowest BCUT2D eigenvalue weighted by Crippen LogP contribution is -2.14. The number of aromatic nitrogens is 2. The summed E-state index contributed by atoms with van der Waals surface area (Å²) in [6, 6.07) is 7.98. The van der Waals surface area contributed by atoms with Crippen LogP contribution < -0.4 is 0 Å². The fourth-order valence-corrected chi connectivity index (χ4v) is 1.99. The molecule has 1 aromatic carbocycles. The van der Waals surface area contributed by atoms with Gasteiger partial charge in [0.1, 0.15) is 5.65 Å². The molecule has 116 valence electrons. The van der Waals surface area contributed by atoms with Crippen LogP contribution in [0.5, 0.6) is 0 Å². The maximum absolute atomic E-state index is 13.1. The Morgan fingerprint density at radius 1 is 1.13 bits per heavy atom. The maximum atomic E-state index is 13.1. The molecule has 5 nitrogen and oxygen atoms in total. The average molecular weight is 316 g/mol. The van der Waals surface area contributed by atoms with E-state index in [1.54, 1.807) is 28.8 Å². The first kappa shape index (κ1) is 14.8. The smallest absolute Gasteiger partial charge is 0.359 e. The molecule has 0 spiro atoms. The van der Waals surface area contributed by atoms with Crippen LogP contribution >= 0.6 is 0 Å². The molecule has 3 aromatic rings. The first-order valence-corrected chi connectivity index (χ1v) is 6.64. The fourth-order valence-electron chi connectivity index (χ4n) is 1.99. The predicted octanol–water partition coefficient (Wildman–Crippen LogP) is 2.65. The van der Waals surface area contributed by atoms with E-state index in [-0.39, 0.29) is 11.3 Å². The van der Waals surface area contributed by atoms with Gasteiger partial charge in [-0.15, -0.1) is 0 Å². The van der Waals surface area contributed by atoms with E-state index in [1.807, 2.05) is 0 Å². The van der Waals surface area contributed by atoms with E-state index in [9.17, 15) is 18.4 Å². The molecule has 0 bridgehead atoms. The Kier molecular flexibility index (Phi) is 3.84. The number of rotatable bonds is 4. The molecular weight excluding hydrogens is 306 g/mol. The molecule has 0 aliphatic rings. The van der Waals surface area contributed by atoms with E-state index in [4.69, 9.17) is 4.74 Å². The molecule has 0 unspecified atom stereocenters. The number of hydrogen-bond donors (Lipinski definition) is 0. The Bertz CT molecular complexity index is 872. The van der Waals surface area contributed by atoms with Crippen molar-refractivity contribution >= 4 is 17.4 Å². The van der Waals surface area contributed by atoms with Crippen LogP contribution in [-0.4, -0.2) is 27.7 Å². The van der Waals surface area contributed by atoms with Gasteiger partial charge in [-0.05, 0) is 30.3 Å². The summed E-state index contributed by atoms with van der Waals surface area (Å²) < 4.78 is 32.4. The predicted molar refractivity (Wildman–Crippen MR) is 76.2 cm³/mol. The number of hydrogen-bond acceptors (Lipinski definition) is 4. The van der Waals surface area contributed by atoms with Gasteiger partial charge < -0.3 is 9.14 Å². The summed E-state index contributed by atoms with van der Waals surface area (Å²) in [5.74, 6) is -3.60. The maximum Gasteiger partial charge on any atom is 0.359 e. The molecule has 0 aliphatic carbocycles. The van der Waals surface area contributed by atoms with Gasteiger partial charge in [-0.25, -0.2) is 18.6 Å². The van der Waals surface area contributed by atoms with Crippen LogP contribution in [-0.2, 0) is 4.74 Å². The van der Waals surface area contributed by atoms with Crippen LogP contribution in [0.4, 0.5) is 8.78 Å². The van der Waals surface area contributed by atoms with Gasteiger partial charge in [0.15, 0.2) is 29.7 Å². The summed E-state index contributed by atoms with van der Waals surface area (Å²) in [4.78, 5) is 27.8. The summed E-state index contributed by atoms with van der Waals surface area (Å²) >= 11 is 0. The van der Waals surface area contributed by atoms with Crippen molar-refractivity contribution < 1.29 is 23.1 Å². The molecular formula is C16H10F2N2O3. The third-order valence-corrected chi connectivity index (χ3v) is 3.15. The van der Waals surface area contributed by atoms with Gasteiger partial charge in [0, 0.05) is 18.0 Å². The summed E-state index contributed by atoms with van der Waals surface area (Å²) in [6.07, 6.45) is 3.19. The van der Waals surface area contributed by atoms with Gasteiger partial charge in [0.2, 0.25) is 0 Å². The minimum absolute atomic E-state index is 0.0503. The van der Waals surface area contributed by atoms with Gasteiger partial charge in [-0.3, -0.25) is 4.79 Å². The Morgan fingerprint density at radius 3 is 2.70 bits per heavy atom. The highest BCUT2D eigenvalue weighted by Gasteiger charge is 2.16. The van der Waals surface area contributed by atoms with Crippen LogP contribution in [0.3, 0.4) is 0 Å². The van der Waals surface area contributed by atoms with E-state index in [2.05, 4.69) is 4.98 Å². The number of Topliss-reactive ketones (excluding diaryl/α,β-unsaturated/α-hetero) is 1. The second-order valence-electron chi connectivity index (χ2n) is 4.72. The monoisotopic (exact) mass is 316 g/mol. The summed E-state index contributed by atoms with van der Waals surface area (Å²) in [7, 11) is 0. The molecule has 0 radical (unpaired) electrons. The quantitative estimate of drug-likeness (QED) is 0.548. The SMILES string of the molecule is O=C(COC(=O)c1cn2ccccc2n1)c1ccc(F)c(F)c1. The zero-order valence-electron chi connectivity index (χ0n) is 11.7. The number of ether oxygens (including phenoxy) is 1. The lowest BCUT2D eigenvalue weighted by molar-refractivity contribution is 0.0469. The number of esters is 1. The number of ketones is 1. The molecule has 0 N–H and O–H groups in total. The van der Waals surface area contributed by atoms with Gasteiger partial charge >= 0.3 is 5.97 Å². The van der Waals surface area contributed by atoms with Crippen molar-refractivity contribution in [1.29, 1.82) is 0 Å². The van der Waals surface area contributed by atoms with Crippen LogP contribution in [0.15, 0.2) is 48.8 Å². The molecule has 2 aromatic heterocycles. The Labute approximate surface area is 129 Å². The second kappa shape index (κ2) is 5.96. The highest BCUT2D eigenvalue weighted by molar-refractivity contribution is 5.99. The molecule has 2 heterocycles. The number of pyridine rings is 1. The number of imidazole rings is 1. The summed E-state index contributed by atoms with van der Waals surface area (Å²) in [5, 5.41) is 0. The number of carbonyl (C=O) groups is 2. The minimum Gasteiger partial charge on any atom is -0.453 e. The minimum atomic E-state index is -1.14. The van der Waals surface area contributed by atoms with E-state index >= 15 is 0 Å². The Balaban J connectivity index is 1.68. The van der Waals surface area contributed by atoms with Gasteiger partial charge in [0.05, 0.1) is 0 Å². The van der Waals surface area contributed by atoms with E-state index in [1.165, 1.54) is 6.20 Å². The summed E-state index contributed by atoms with van der Waals surface area (Å²) in [6.45, 7) is -0.586. The van der Waals surface area contributed by atoms with Crippen LogP contribution in [0, 0.1) is 11.6 Å². The zero-order chi connectivity index (χ0) is 16.4. The topological polar surface area (TPSA) is 60.7 Å². The lowest BCUT2D eigenvalue weighted by atomic mass is 10.1. The Hall–Kier alpha value is -3.09. The van der Waals surface area contributed by atoms with Crippen molar-refractivity contribution in [2.45, 2.75) is 0 Å². The molecule has 23 heavy (non-hydrogen) atoms. The molecule has 0 aliphatic heterocycles. The summed E-state index contributed by atoms with van der Waals surface area (Å²) in [5.41, 5.74) is 0.535. The van der Waals surface area contributed by atoms with Gasteiger partial charge in [0.25, 0.3) is 0 Å². The Morgan fingerprint density at radius 2 is 1.96 bits per heavy atom. The van der Waals surface area contributed by atoms with Crippen LogP contribution in [0.2, 0.25) is 0 Å². The molecule has 0 fully saturated rings.